The molecule has 1 amide bonds. The Kier molecular flexibility index (Phi) is 7.59. The van der Waals surface area contributed by atoms with Gasteiger partial charge >= 0.3 is 5.97 Å². The molecular weight excluding hydrogens is 452 g/mol. The van der Waals surface area contributed by atoms with E-state index in [2.05, 4.69) is 4.98 Å². The Morgan fingerprint density at radius 2 is 1.97 bits per heavy atom. The van der Waals surface area contributed by atoms with Crippen LogP contribution in [-0.4, -0.2) is 36.2 Å². The number of hydrogen-bond acceptors (Lipinski definition) is 7. The molecule has 0 spiro atoms. The number of esters is 1. The molecule has 0 saturated carbocycles. The van der Waals surface area contributed by atoms with Gasteiger partial charge in [0.15, 0.2) is 5.13 Å². The third-order valence-corrected chi connectivity index (χ3v) is 6.41. The molecule has 7 nitrogen and oxygen atoms in total. The topological polar surface area (TPSA) is 78.0 Å². The second-order valence-corrected chi connectivity index (χ2v) is 9.15. The van der Waals surface area contributed by atoms with Crippen molar-refractivity contribution in [1.29, 1.82) is 0 Å². The number of carbonyl (C=O) groups is 2. The summed E-state index contributed by atoms with van der Waals surface area (Å²) in [5.74, 6) is 0.108. The number of benzene rings is 2. The molecular formula is C26H28N2O5S. The highest BCUT2D eigenvalue weighted by atomic mass is 32.1. The molecule has 0 radical (unpaired) electrons. The van der Waals surface area contributed by atoms with Gasteiger partial charge in [-0.25, -0.2) is 9.78 Å². The Morgan fingerprint density at radius 3 is 2.65 bits per heavy atom. The fourth-order valence-corrected chi connectivity index (χ4v) is 4.67. The number of amides is 1. The van der Waals surface area contributed by atoms with Crippen LogP contribution in [0.25, 0.3) is 0 Å². The minimum atomic E-state index is -0.446. The zero-order valence-electron chi connectivity index (χ0n) is 19.6. The maximum Gasteiger partial charge on any atom is 0.338 e. The summed E-state index contributed by atoms with van der Waals surface area (Å²) in [6.45, 7) is 6.80. The van der Waals surface area contributed by atoms with Crippen molar-refractivity contribution >= 4 is 34.0 Å². The van der Waals surface area contributed by atoms with Gasteiger partial charge in [0.25, 0.3) is 0 Å². The summed E-state index contributed by atoms with van der Waals surface area (Å²) in [6.07, 6.45) is 2.22. The van der Waals surface area contributed by atoms with Crippen molar-refractivity contribution in [3.05, 3.63) is 70.2 Å². The van der Waals surface area contributed by atoms with Crippen molar-refractivity contribution < 1.29 is 23.8 Å². The Balaban J connectivity index is 1.35. The van der Waals surface area contributed by atoms with Crippen molar-refractivity contribution in [2.24, 2.45) is 0 Å². The Hall–Kier alpha value is -3.23. The van der Waals surface area contributed by atoms with E-state index in [1.165, 1.54) is 18.3 Å². The quantitative estimate of drug-likeness (QED) is 0.404. The lowest BCUT2D eigenvalue weighted by atomic mass is 10.1. The van der Waals surface area contributed by atoms with Crippen LogP contribution in [0, 0.1) is 13.8 Å². The van der Waals surface area contributed by atoms with E-state index in [9.17, 15) is 9.59 Å². The van der Waals surface area contributed by atoms with E-state index in [-0.39, 0.29) is 18.6 Å². The molecule has 0 bridgehead atoms. The summed E-state index contributed by atoms with van der Waals surface area (Å²) in [4.78, 5) is 31.0. The highest BCUT2D eigenvalue weighted by molar-refractivity contribution is 7.14. The molecule has 178 valence electrons. The van der Waals surface area contributed by atoms with Crippen LogP contribution >= 0.6 is 11.3 Å². The van der Waals surface area contributed by atoms with E-state index in [4.69, 9.17) is 14.2 Å². The largest absolute Gasteiger partial charge is 0.491 e. The lowest BCUT2D eigenvalue weighted by Gasteiger charge is -2.20. The monoisotopic (exact) mass is 480 g/mol. The minimum absolute atomic E-state index is 0.0191. The maximum atomic E-state index is 12.5. The van der Waals surface area contributed by atoms with Gasteiger partial charge in [-0.3, -0.25) is 9.69 Å². The van der Waals surface area contributed by atoms with Gasteiger partial charge in [-0.1, -0.05) is 17.7 Å². The number of aryl methyl sites for hydroxylation is 2. The number of anilines is 2. The van der Waals surface area contributed by atoms with Gasteiger partial charge in [0.1, 0.15) is 19.0 Å². The molecule has 3 aromatic rings. The van der Waals surface area contributed by atoms with Gasteiger partial charge in [0.2, 0.25) is 5.91 Å². The predicted octanol–water partition coefficient (Wildman–Crippen LogP) is 5.36. The van der Waals surface area contributed by atoms with E-state index in [1.54, 1.807) is 34.5 Å². The van der Waals surface area contributed by atoms with Crippen LogP contribution in [0.2, 0.25) is 0 Å². The standard InChI is InChI=1S/C26H28N2O5S/c1-17-6-11-24(18(2)13-17)28(19(3)29)26-27-21(16-34-26)14-33-25(30)20-7-9-22(10-8-20)32-15-23-5-4-12-31-23/h6-11,13,16,23H,4-5,12,14-15H2,1-3H3. The van der Waals surface area contributed by atoms with Crippen molar-refractivity contribution in [2.75, 3.05) is 18.1 Å². The molecule has 1 fully saturated rings. The molecule has 8 heteroatoms. The third-order valence-electron chi connectivity index (χ3n) is 5.54. The molecule has 34 heavy (non-hydrogen) atoms. The second-order valence-electron chi connectivity index (χ2n) is 8.31. The van der Waals surface area contributed by atoms with Gasteiger partial charge in [-0.2, -0.15) is 0 Å². The first kappa shape index (κ1) is 23.9. The molecule has 1 atom stereocenters. The molecule has 0 aliphatic carbocycles. The summed E-state index contributed by atoms with van der Waals surface area (Å²) in [7, 11) is 0. The highest BCUT2D eigenvalue weighted by Gasteiger charge is 2.20. The Morgan fingerprint density at radius 1 is 1.18 bits per heavy atom. The molecule has 4 rings (SSSR count). The summed E-state index contributed by atoms with van der Waals surface area (Å²) < 4.78 is 16.7. The predicted molar refractivity (Wildman–Crippen MR) is 131 cm³/mol. The molecule has 0 N–H and O–H groups in total. The van der Waals surface area contributed by atoms with Crippen LogP contribution in [0.15, 0.2) is 47.8 Å². The molecule has 1 saturated heterocycles. The summed E-state index contributed by atoms with van der Waals surface area (Å²) in [5.41, 5.74) is 3.92. The SMILES string of the molecule is CC(=O)N(c1nc(COC(=O)c2ccc(OCC3CCCO3)cc2)cs1)c1ccc(C)cc1C. The van der Waals surface area contributed by atoms with Crippen molar-refractivity contribution in [2.45, 2.75) is 46.3 Å². The van der Waals surface area contributed by atoms with E-state index in [0.29, 0.717) is 28.7 Å². The number of nitrogens with zero attached hydrogens (tertiary/aromatic N) is 2. The van der Waals surface area contributed by atoms with Gasteiger partial charge in [0, 0.05) is 18.9 Å². The second kappa shape index (κ2) is 10.8. The first-order chi connectivity index (χ1) is 16.4. The normalized spacial score (nSPS) is 15.2. The zero-order valence-corrected chi connectivity index (χ0v) is 20.4. The van der Waals surface area contributed by atoms with Crippen LogP contribution in [0.3, 0.4) is 0 Å². The summed E-state index contributed by atoms with van der Waals surface area (Å²) in [5, 5.41) is 2.34. The van der Waals surface area contributed by atoms with Crippen LogP contribution in [0.4, 0.5) is 10.8 Å². The number of aromatic nitrogens is 1. The Labute approximate surface area is 203 Å². The molecule has 2 heterocycles. The minimum Gasteiger partial charge on any atom is -0.491 e. The average Bonchev–Trinajstić information content (AvgIpc) is 3.50. The van der Waals surface area contributed by atoms with Crippen molar-refractivity contribution in [3.8, 4) is 5.75 Å². The van der Waals surface area contributed by atoms with E-state index >= 15 is 0 Å². The highest BCUT2D eigenvalue weighted by Crippen LogP contribution is 2.32. The first-order valence-electron chi connectivity index (χ1n) is 11.2. The fraction of sp³-hybridized carbons (Fsp3) is 0.346. The van der Waals surface area contributed by atoms with Gasteiger partial charge in [0.05, 0.1) is 23.0 Å². The van der Waals surface area contributed by atoms with Crippen LogP contribution < -0.4 is 9.64 Å². The molecule has 1 aliphatic heterocycles. The summed E-state index contributed by atoms with van der Waals surface area (Å²) in [6, 6.07) is 12.8. The zero-order chi connectivity index (χ0) is 24.1. The lowest BCUT2D eigenvalue weighted by molar-refractivity contribution is -0.115. The fourth-order valence-electron chi connectivity index (χ4n) is 3.80. The van der Waals surface area contributed by atoms with Crippen LogP contribution in [-0.2, 0) is 20.9 Å². The van der Waals surface area contributed by atoms with Gasteiger partial charge < -0.3 is 14.2 Å². The van der Waals surface area contributed by atoms with Gasteiger partial charge in [-0.05, 0) is 62.6 Å². The molecule has 1 aliphatic rings. The van der Waals surface area contributed by atoms with Crippen LogP contribution in [0.5, 0.6) is 5.75 Å². The Bertz CT molecular complexity index is 1150. The smallest absolute Gasteiger partial charge is 0.338 e. The van der Waals surface area contributed by atoms with Gasteiger partial charge in [-0.15, -0.1) is 11.3 Å². The third kappa shape index (κ3) is 5.81. The molecule has 2 aromatic carbocycles. The van der Waals surface area contributed by atoms with Crippen LogP contribution in [0.1, 0.15) is 46.9 Å². The number of carbonyl (C=O) groups excluding carboxylic acids is 2. The summed E-state index contributed by atoms with van der Waals surface area (Å²) >= 11 is 1.33. The molecule has 1 unspecified atom stereocenters. The number of hydrogen-bond donors (Lipinski definition) is 0. The van der Waals surface area contributed by atoms with E-state index in [1.807, 2.05) is 32.0 Å². The van der Waals surface area contributed by atoms with Crippen molar-refractivity contribution in [1.82, 2.24) is 4.98 Å². The average molecular weight is 481 g/mol. The maximum absolute atomic E-state index is 12.5. The van der Waals surface area contributed by atoms with Crippen molar-refractivity contribution in [3.63, 3.8) is 0 Å². The lowest BCUT2D eigenvalue weighted by Crippen LogP contribution is -2.23. The first-order valence-corrected chi connectivity index (χ1v) is 12.1. The van der Waals surface area contributed by atoms with E-state index < -0.39 is 5.97 Å². The number of ether oxygens (including phenoxy) is 3. The number of thiazole rings is 1. The van der Waals surface area contributed by atoms with E-state index in [0.717, 1.165) is 36.3 Å². The molecule has 1 aromatic heterocycles. The number of rotatable bonds is 8.